The molecule has 4 heteroatoms. The molecule has 0 atom stereocenters. The van der Waals surface area contributed by atoms with Gasteiger partial charge in [0, 0.05) is 6.54 Å². The second kappa shape index (κ2) is 6.67. The van der Waals surface area contributed by atoms with Crippen LogP contribution in [0.1, 0.15) is 16.7 Å². The van der Waals surface area contributed by atoms with Crippen molar-refractivity contribution < 1.29 is 9.47 Å². The number of methoxy groups -OCH3 is 2. The largest absolute Gasteiger partial charge is 0.493 e. The summed E-state index contributed by atoms with van der Waals surface area (Å²) >= 11 is 0. The van der Waals surface area contributed by atoms with E-state index in [0.29, 0.717) is 23.6 Å². The Labute approximate surface area is 124 Å². The molecule has 0 aliphatic rings. The molecule has 21 heavy (non-hydrogen) atoms. The maximum Gasteiger partial charge on any atom is 0.161 e. The predicted octanol–water partition coefficient (Wildman–Crippen LogP) is 3.50. The van der Waals surface area contributed by atoms with Gasteiger partial charge in [0.15, 0.2) is 11.5 Å². The molecule has 0 radical (unpaired) electrons. The van der Waals surface area contributed by atoms with Gasteiger partial charge in [-0.2, -0.15) is 5.26 Å². The van der Waals surface area contributed by atoms with E-state index in [1.807, 2.05) is 43.3 Å². The number of ether oxygens (including phenoxy) is 2. The maximum atomic E-state index is 9.13. The molecule has 0 bridgehead atoms. The average Bonchev–Trinajstić information content (AvgIpc) is 2.52. The molecule has 0 aliphatic heterocycles. The average molecular weight is 282 g/mol. The van der Waals surface area contributed by atoms with E-state index in [2.05, 4.69) is 11.4 Å². The molecule has 0 amide bonds. The fourth-order valence-electron chi connectivity index (χ4n) is 2.09. The number of anilines is 1. The number of rotatable bonds is 5. The Morgan fingerprint density at radius 3 is 2.48 bits per heavy atom. The van der Waals surface area contributed by atoms with Crippen molar-refractivity contribution in [3.63, 3.8) is 0 Å². The third-order valence-corrected chi connectivity index (χ3v) is 3.23. The Morgan fingerprint density at radius 2 is 1.81 bits per heavy atom. The van der Waals surface area contributed by atoms with E-state index in [4.69, 9.17) is 14.7 Å². The summed E-state index contributed by atoms with van der Waals surface area (Å²) in [6.45, 7) is 2.61. The van der Waals surface area contributed by atoms with Gasteiger partial charge in [0.1, 0.15) is 6.07 Å². The SMILES string of the molecule is COc1ccc(CNc2cc(C)ccc2C#N)cc1OC. The van der Waals surface area contributed by atoms with E-state index in [1.54, 1.807) is 14.2 Å². The molecule has 0 heterocycles. The summed E-state index contributed by atoms with van der Waals surface area (Å²) in [5.74, 6) is 1.40. The highest BCUT2D eigenvalue weighted by atomic mass is 16.5. The monoisotopic (exact) mass is 282 g/mol. The van der Waals surface area contributed by atoms with E-state index in [-0.39, 0.29) is 0 Å². The Kier molecular flexibility index (Phi) is 4.68. The summed E-state index contributed by atoms with van der Waals surface area (Å²) in [7, 11) is 3.23. The molecule has 2 rings (SSSR count). The zero-order chi connectivity index (χ0) is 15.2. The van der Waals surface area contributed by atoms with Crippen molar-refractivity contribution in [3.05, 3.63) is 53.1 Å². The van der Waals surface area contributed by atoms with Crippen LogP contribution in [0.15, 0.2) is 36.4 Å². The molecule has 0 spiro atoms. The van der Waals surface area contributed by atoms with E-state index in [0.717, 1.165) is 16.8 Å². The van der Waals surface area contributed by atoms with E-state index < -0.39 is 0 Å². The van der Waals surface area contributed by atoms with Gasteiger partial charge in [0.2, 0.25) is 0 Å². The molecule has 0 fully saturated rings. The zero-order valence-electron chi connectivity index (χ0n) is 12.4. The molecule has 0 saturated carbocycles. The molecule has 0 aliphatic carbocycles. The maximum absolute atomic E-state index is 9.13. The second-order valence-electron chi connectivity index (χ2n) is 4.70. The van der Waals surface area contributed by atoms with Gasteiger partial charge in [-0.15, -0.1) is 0 Å². The van der Waals surface area contributed by atoms with Crippen LogP contribution in [0.25, 0.3) is 0 Å². The zero-order valence-corrected chi connectivity index (χ0v) is 12.4. The van der Waals surface area contributed by atoms with Crippen LogP contribution in [0.5, 0.6) is 11.5 Å². The third kappa shape index (κ3) is 3.46. The molecule has 4 nitrogen and oxygen atoms in total. The first kappa shape index (κ1) is 14.7. The fraction of sp³-hybridized carbons (Fsp3) is 0.235. The summed E-state index contributed by atoms with van der Waals surface area (Å²) in [5, 5.41) is 12.4. The quantitative estimate of drug-likeness (QED) is 0.912. The van der Waals surface area contributed by atoms with Crippen molar-refractivity contribution in [2.75, 3.05) is 19.5 Å². The first-order valence-corrected chi connectivity index (χ1v) is 6.63. The molecule has 0 aromatic heterocycles. The molecular weight excluding hydrogens is 264 g/mol. The Balaban J connectivity index is 2.17. The summed E-state index contributed by atoms with van der Waals surface area (Å²) in [6, 6.07) is 13.7. The van der Waals surface area contributed by atoms with E-state index in [9.17, 15) is 0 Å². The summed E-state index contributed by atoms with van der Waals surface area (Å²) < 4.78 is 10.5. The summed E-state index contributed by atoms with van der Waals surface area (Å²) in [4.78, 5) is 0. The number of nitrogens with one attached hydrogen (secondary N) is 1. The highest BCUT2D eigenvalue weighted by Gasteiger charge is 2.06. The summed E-state index contributed by atoms with van der Waals surface area (Å²) in [5.41, 5.74) is 3.65. The highest BCUT2D eigenvalue weighted by molar-refractivity contribution is 5.59. The molecule has 1 N–H and O–H groups in total. The molecule has 2 aromatic rings. The van der Waals surface area contributed by atoms with Crippen molar-refractivity contribution in [2.45, 2.75) is 13.5 Å². The van der Waals surface area contributed by atoms with Gasteiger partial charge in [0.05, 0.1) is 25.5 Å². The topological polar surface area (TPSA) is 54.3 Å². The number of nitriles is 1. The van der Waals surface area contributed by atoms with Crippen molar-refractivity contribution >= 4 is 5.69 Å². The lowest BCUT2D eigenvalue weighted by Gasteiger charge is -2.12. The van der Waals surface area contributed by atoms with Crippen LogP contribution in [0.2, 0.25) is 0 Å². The van der Waals surface area contributed by atoms with Crippen LogP contribution in [0.3, 0.4) is 0 Å². The number of benzene rings is 2. The molecule has 0 saturated heterocycles. The van der Waals surface area contributed by atoms with Gasteiger partial charge < -0.3 is 14.8 Å². The minimum absolute atomic E-state index is 0.610. The Bertz CT molecular complexity index is 675. The van der Waals surface area contributed by atoms with Gasteiger partial charge in [-0.1, -0.05) is 12.1 Å². The predicted molar refractivity (Wildman–Crippen MR) is 82.8 cm³/mol. The van der Waals surface area contributed by atoms with Crippen molar-refractivity contribution in [2.24, 2.45) is 0 Å². The van der Waals surface area contributed by atoms with Gasteiger partial charge in [-0.3, -0.25) is 0 Å². The second-order valence-corrected chi connectivity index (χ2v) is 4.70. The lowest BCUT2D eigenvalue weighted by atomic mass is 10.1. The molecule has 108 valence electrons. The van der Waals surface area contributed by atoms with Gasteiger partial charge in [0.25, 0.3) is 0 Å². The number of hydrogen-bond donors (Lipinski definition) is 1. The Hall–Kier alpha value is -2.67. The minimum atomic E-state index is 0.610. The van der Waals surface area contributed by atoms with Crippen molar-refractivity contribution in [1.29, 1.82) is 5.26 Å². The minimum Gasteiger partial charge on any atom is -0.493 e. The smallest absolute Gasteiger partial charge is 0.161 e. The number of hydrogen-bond acceptors (Lipinski definition) is 4. The number of nitrogens with zero attached hydrogens (tertiary/aromatic N) is 1. The highest BCUT2D eigenvalue weighted by Crippen LogP contribution is 2.28. The van der Waals surface area contributed by atoms with E-state index in [1.165, 1.54) is 0 Å². The fourth-order valence-corrected chi connectivity index (χ4v) is 2.09. The van der Waals surface area contributed by atoms with Crippen LogP contribution >= 0.6 is 0 Å². The van der Waals surface area contributed by atoms with Crippen LogP contribution in [0, 0.1) is 18.3 Å². The van der Waals surface area contributed by atoms with E-state index >= 15 is 0 Å². The molecule has 0 unspecified atom stereocenters. The first-order chi connectivity index (χ1) is 10.2. The van der Waals surface area contributed by atoms with Gasteiger partial charge >= 0.3 is 0 Å². The van der Waals surface area contributed by atoms with Crippen LogP contribution in [-0.2, 0) is 6.54 Å². The molecular formula is C17H18N2O2. The standard InChI is InChI=1S/C17H18N2O2/c1-12-4-6-14(10-18)15(8-12)19-11-13-5-7-16(20-2)17(9-13)21-3/h4-9,19H,11H2,1-3H3. The first-order valence-electron chi connectivity index (χ1n) is 6.63. The van der Waals surface area contributed by atoms with Crippen LogP contribution in [-0.4, -0.2) is 14.2 Å². The lowest BCUT2D eigenvalue weighted by molar-refractivity contribution is 0.354. The normalized spacial score (nSPS) is 9.81. The third-order valence-electron chi connectivity index (χ3n) is 3.23. The van der Waals surface area contributed by atoms with Crippen molar-refractivity contribution in [1.82, 2.24) is 0 Å². The van der Waals surface area contributed by atoms with Gasteiger partial charge in [-0.05, 0) is 42.3 Å². The van der Waals surface area contributed by atoms with Crippen LogP contribution < -0.4 is 14.8 Å². The Morgan fingerprint density at radius 1 is 1.05 bits per heavy atom. The summed E-state index contributed by atoms with van der Waals surface area (Å²) in [6.07, 6.45) is 0. The lowest BCUT2D eigenvalue weighted by Crippen LogP contribution is -2.02. The van der Waals surface area contributed by atoms with Crippen LogP contribution in [0.4, 0.5) is 5.69 Å². The molecule has 2 aromatic carbocycles. The van der Waals surface area contributed by atoms with Crippen molar-refractivity contribution in [3.8, 4) is 17.6 Å². The van der Waals surface area contributed by atoms with Gasteiger partial charge in [-0.25, -0.2) is 0 Å². The number of aryl methyl sites for hydroxylation is 1.